The maximum Gasteiger partial charge on any atom is 0.0348 e. The molecule has 0 aliphatic rings. The smallest absolute Gasteiger partial charge is 0.0348 e. The Balaban J connectivity index is 2.66. The van der Waals surface area contributed by atoms with Crippen LogP contribution in [0.15, 0.2) is 35.2 Å². The summed E-state index contributed by atoms with van der Waals surface area (Å²) < 4.78 is 20.9. The predicted molar refractivity (Wildman–Crippen MR) is 38.2 cm³/mol. The molecule has 1 aromatic carbocycles. The number of hydrogen-bond donors (Lipinski definition) is 0. The normalized spacial score (nSPS) is 16.2. The predicted octanol–water partition coefficient (Wildman–Crippen LogP) is 2.41. The van der Waals surface area contributed by atoms with E-state index in [-0.39, 0.29) is 0 Å². The summed E-state index contributed by atoms with van der Waals surface area (Å²) in [6.45, 7) is 0. The first-order valence-corrected chi connectivity index (χ1v) is 3.14. The van der Waals surface area contributed by atoms with E-state index < -0.39 is 6.18 Å². The third-order valence-electron chi connectivity index (χ3n) is 0.861. The molecule has 0 heterocycles. The van der Waals surface area contributed by atoms with Crippen molar-refractivity contribution in [3.05, 3.63) is 30.3 Å². The van der Waals surface area contributed by atoms with Gasteiger partial charge < -0.3 is 0 Å². The highest BCUT2D eigenvalue weighted by atomic mass is 32.2. The van der Waals surface area contributed by atoms with Crippen LogP contribution in [0.2, 0.25) is 0 Å². The second kappa shape index (κ2) is 2.78. The molecule has 0 bridgehead atoms. The van der Waals surface area contributed by atoms with E-state index in [4.69, 9.17) is 4.11 Å². The topological polar surface area (TPSA) is 0 Å². The summed E-state index contributed by atoms with van der Waals surface area (Å²) in [5.41, 5.74) is 0. The van der Waals surface area contributed by atoms with Crippen LogP contribution in [0.25, 0.3) is 0 Å². The van der Waals surface area contributed by atoms with Crippen LogP contribution in [-0.4, -0.2) is 6.18 Å². The maximum atomic E-state index is 6.97. The van der Waals surface area contributed by atoms with Gasteiger partial charge in [0.2, 0.25) is 0 Å². The van der Waals surface area contributed by atoms with Crippen molar-refractivity contribution in [1.82, 2.24) is 0 Å². The number of hydrogen-bond acceptors (Lipinski definition) is 1. The Kier molecular flexibility index (Phi) is 1.01. The molecule has 42 valence electrons. The molecule has 8 heavy (non-hydrogen) atoms. The van der Waals surface area contributed by atoms with E-state index in [1.165, 1.54) is 0 Å². The maximum absolute atomic E-state index is 6.97. The monoisotopic (exact) mass is 127 g/mol. The minimum atomic E-state index is -1.93. The Morgan fingerprint density at radius 3 is 2.75 bits per heavy atom. The molecule has 1 heteroatoms. The van der Waals surface area contributed by atoms with Crippen molar-refractivity contribution in [2.75, 3.05) is 6.18 Å². The molecule has 0 saturated carbocycles. The van der Waals surface area contributed by atoms with E-state index in [1.54, 1.807) is 12.1 Å². The van der Waals surface area contributed by atoms with E-state index in [0.717, 1.165) is 16.7 Å². The first kappa shape index (κ1) is 2.92. The number of thioether (sulfide) groups is 1. The van der Waals surface area contributed by atoms with Crippen molar-refractivity contribution in [3.8, 4) is 0 Å². The largest absolute Gasteiger partial charge is 0.130 e. The Hall–Kier alpha value is -0.430. The second-order valence-electron chi connectivity index (χ2n) is 1.42. The molecular formula is C7H8S. The van der Waals surface area contributed by atoms with Crippen molar-refractivity contribution < 1.29 is 4.11 Å². The second-order valence-corrected chi connectivity index (χ2v) is 2.09. The van der Waals surface area contributed by atoms with Gasteiger partial charge in [-0.05, 0) is 18.3 Å². The average Bonchev–Trinajstić information content (AvgIpc) is 1.85. The van der Waals surface area contributed by atoms with Gasteiger partial charge in [-0.25, -0.2) is 0 Å². The summed E-state index contributed by atoms with van der Waals surface area (Å²) in [5.74, 6) is 0. The standard InChI is InChI=1S/C7H8S/c1-8-7-5-3-2-4-6-7/h2-6H,1H3/i1D3. The number of benzene rings is 1. The zero-order chi connectivity index (χ0) is 8.32. The van der Waals surface area contributed by atoms with Crippen LogP contribution in [0, 0.1) is 0 Å². The zero-order valence-corrected chi connectivity index (χ0v) is 5.11. The minimum absolute atomic E-state index is 0.785. The Bertz CT molecular complexity index is 217. The Morgan fingerprint density at radius 1 is 1.38 bits per heavy atom. The van der Waals surface area contributed by atoms with Gasteiger partial charge in [0.15, 0.2) is 0 Å². The lowest BCUT2D eigenvalue weighted by Crippen LogP contribution is -1.62. The molecule has 0 atom stereocenters. The highest BCUT2D eigenvalue weighted by Gasteiger charge is 1.80. The fourth-order valence-corrected chi connectivity index (χ4v) is 0.782. The molecule has 0 unspecified atom stereocenters. The van der Waals surface area contributed by atoms with E-state index >= 15 is 0 Å². The highest BCUT2D eigenvalue weighted by Crippen LogP contribution is 2.11. The molecule has 0 N–H and O–H groups in total. The van der Waals surface area contributed by atoms with Crippen LogP contribution in [-0.2, 0) is 0 Å². The fourth-order valence-electron chi connectivity index (χ4n) is 0.489. The lowest BCUT2D eigenvalue weighted by molar-refractivity contribution is 1.47. The molecule has 0 aromatic heterocycles. The van der Waals surface area contributed by atoms with E-state index in [0.29, 0.717) is 0 Å². The van der Waals surface area contributed by atoms with Gasteiger partial charge in [0, 0.05) is 9.01 Å². The lowest BCUT2D eigenvalue weighted by Gasteiger charge is -1.89. The van der Waals surface area contributed by atoms with Gasteiger partial charge in [0.25, 0.3) is 0 Å². The van der Waals surface area contributed by atoms with Gasteiger partial charge in [0.1, 0.15) is 0 Å². The summed E-state index contributed by atoms with van der Waals surface area (Å²) in [6.07, 6.45) is -1.93. The van der Waals surface area contributed by atoms with Gasteiger partial charge >= 0.3 is 0 Å². The number of rotatable bonds is 1. The highest BCUT2D eigenvalue weighted by molar-refractivity contribution is 7.98. The minimum Gasteiger partial charge on any atom is -0.130 e. The molecule has 0 fully saturated rings. The molecule has 0 nitrogen and oxygen atoms in total. The van der Waals surface area contributed by atoms with Crippen molar-refractivity contribution in [2.24, 2.45) is 0 Å². The molecule has 0 radical (unpaired) electrons. The molecule has 0 aliphatic carbocycles. The lowest BCUT2D eigenvalue weighted by atomic mass is 10.4. The van der Waals surface area contributed by atoms with Crippen molar-refractivity contribution in [1.29, 1.82) is 0 Å². The zero-order valence-electron chi connectivity index (χ0n) is 7.29. The summed E-state index contributed by atoms with van der Waals surface area (Å²) >= 11 is 0.901. The Labute approximate surface area is 58.1 Å². The van der Waals surface area contributed by atoms with Crippen molar-refractivity contribution in [3.63, 3.8) is 0 Å². The van der Waals surface area contributed by atoms with Crippen LogP contribution in [0.1, 0.15) is 4.11 Å². The molecular weight excluding hydrogens is 116 g/mol. The first-order valence-electron chi connectivity index (χ1n) is 3.82. The van der Waals surface area contributed by atoms with Crippen LogP contribution in [0.5, 0.6) is 0 Å². The van der Waals surface area contributed by atoms with Crippen LogP contribution in [0.3, 0.4) is 0 Å². The summed E-state index contributed by atoms with van der Waals surface area (Å²) in [5, 5.41) is 0. The Morgan fingerprint density at radius 2 is 2.12 bits per heavy atom. The molecule has 1 rings (SSSR count). The molecule has 0 saturated heterocycles. The van der Waals surface area contributed by atoms with Gasteiger partial charge in [-0.15, -0.1) is 11.8 Å². The summed E-state index contributed by atoms with van der Waals surface area (Å²) in [7, 11) is 0. The van der Waals surface area contributed by atoms with Crippen LogP contribution >= 0.6 is 11.8 Å². The quantitative estimate of drug-likeness (QED) is 0.522. The van der Waals surface area contributed by atoms with Gasteiger partial charge in [0.05, 0.1) is 0 Å². The average molecular weight is 127 g/mol. The van der Waals surface area contributed by atoms with Gasteiger partial charge in [-0.3, -0.25) is 0 Å². The van der Waals surface area contributed by atoms with E-state index in [9.17, 15) is 0 Å². The van der Waals surface area contributed by atoms with E-state index in [1.807, 2.05) is 18.2 Å². The first-order chi connectivity index (χ1) is 5.08. The summed E-state index contributed by atoms with van der Waals surface area (Å²) in [6, 6.07) is 9.10. The fraction of sp³-hybridized carbons (Fsp3) is 0.143. The SMILES string of the molecule is [2H]C([2H])([2H])Sc1ccccc1. The molecule has 0 spiro atoms. The van der Waals surface area contributed by atoms with Crippen LogP contribution in [0.4, 0.5) is 0 Å². The van der Waals surface area contributed by atoms with Crippen molar-refractivity contribution >= 4 is 11.8 Å². The molecule has 1 aromatic rings. The summed E-state index contributed by atoms with van der Waals surface area (Å²) in [4.78, 5) is 0.785. The van der Waals surface area contributed by atoms with Crippen molar-refractivity contribution in [2.45, 2.75) is 4.90 Å². The third-order valence-corrected chi connectivity index (χ3v) is 1.37. The van der Waals surface area contributed by atoms with Gasteiger partial charge in [-0.2, -0.15) is 0 Å². The van der Waals surface area contributed by atoms with Gasteiger partial charge in [-0.1, -0.05) is 18.2 Å². The molecule has 0 amide bonds. The third kappa shape index (κ3) is 1.27. The van der Waals surface area contributed by atoms with E-state index in [2.05, 4.69) is 0 Å². The molecule has 0 aliphatic heterocycles. The van der Waals surface area contributed by atoms with Crippen LogP contribution < -0.4 is 0 Å².